The number of nitrogens with zero attached hydrogens (tertiary/aromatic N) is 3. The highest BCUT2D eigenvalue weighted by Crippen LogP contribution is 2.31. The minimum absolute atomic E-state index is 0.0337. The summed E-state index contributed by atoms with van der Waals surface area (Å²) in [5.41, 5.74) is 10.2. The van der Waals surface area contributed by atoms with Gasteiger partial charge in [-0.1, -0.05) is 35.0 Å². The monoisotopic (exact) mass is 437 g/mol. The van der Waals surface area contributed by atoms with Crippen LogP contribution in [0.3, 0.4) is 0 Å². The molecule has 0 bridgehead atoms. The van der Waals surface area contributed by atoms with E-state index < -0.39 is 0 Å². The number of halogens is 1. The molecule has 1 atom stereocenters. The lowest BCUT2D eigenvalue weighted by Gasteiger charge is -2.11. The Morgan fingerprint density at radius 1 is 1.14 bits per heavy atom. The molecule has 2 aromatic carbocycles. The van der Waals surface area contributed by atoms with Crippen molar-refractivity contribution in [1.82, 2.24) is 19.9 Å². The Labute approximate surface area is 170 Å². The predicted molar refractivity (Wildman–Crippen MR) is 116 cm³/mol. The first-order valence-electron chi connectivity index (χ1n) is 9.13. The molecule has 2 heterocycles. The second-order valence-corrected chi connectivity index (χ2v) is 7.66. The van der Waals surface area contributed by atoms with E-state index in [1.165, 1.54) is 0 Å². The molecular formula is C21H20BrN5O. The van der Waals surface area contributed by atoms with E-state index in [-0.39, 0.29) is 11.9 Å². The Morgan fingerprint density at radius 3 is 2.43 bits per heavy atom. The smallest absolute Gasteiger partial charge is 0.257 e. The van der Waals surface area contributed by atoms with Gasteiger partial charge in [-0.15, -0.1) is 0 Å². The summed E-state index contributed by atoms with van der Waals surface area (Å²) >= 11 is 3.45. The maximum atomic E-state index is 13.0. The fraction of sp³-hybridized carbons (Fsp3) is 0.190. The third-order valence-corrected chi connectivity index (χ3v) is 5.33. The fourth-order valence-electron chi connectivity index (χ4n) is 3.13. The largest absolute Gasteiger partial charge is 0.384 e. The van der Waals surface area contributed by atoms with Crippen molar-refractivity contribution in [1.29, 1.82) is 0 Å². The van der Waals surface area contributed by atoms with E-state index in [1.807, 2.05) is 62.4 Å². The van der Waals surface area contributed by atoms with Crippen molar-refractivity contribution >= 4 is 49.9 Å². The standard InChI is InChI=1S/C21H20BrN5O/c1-3-12(2)24-21(28)17-18-20(26-16-7-5-4-6-15(16)25-18)27(19(17)23)14-10-8-13(22)9-11-14/h4-12H,3,23H2,1-2H3,(H,24,28)/t12-/m1/s1. The van der Waals surface area contributed by atoms with Crippen LogP contribution in [0.25, 0.3) is 27.9 Å². The van der Waals surface area contributed by atoms with Crippen LogP contribution in [0.15, 0.2) is 53.0 Å². The van der Waals surface area contributed by atoms with Crippen LogP contribution in [0.4, 0.5) is 5.82 Å². The van der Waals surface area contributed by atoms with E-state index in [0.29, 0.717) is 22.5 Å². The summed E-state index contributed by atoms with van der Waals surface area (Å²) in [7, 11) is 0. The highest BCUT2D eigenvalue weighted by atomic mass is 79.9. The van der Waals surface area contributed by atoms with Gasteiger partial charge in [-0.25, -0.2) is 9.97 Å². The number of nitrogen functional groups attached to an aromatic ring is 1. The summed E-state index contributed by atoms with van der Waals surface area (Å²) in [4.78, 5) is 22.5. The van der Waals surface area contributed by atoms with Crippen molar-refractivity contribution in [2.24, 2.45) is 0 Å². The number of nitrogens with one attached hydrogen (secondary N) is 1. The van der Waals surface area contributed by atoms with Gasteiger partial charge in [-0.3, -0.25) is 9.36 Å². The summed E-state index contributed by atoms with van der Waals surface area (Å²) in [6, 6.07) is 15.3. The van der Waals surface area contributed by atoms with Crippen LogP contribution in [0.1, 0.15) is 30.6 Å². The number of carbonyl (C=O) groups excluding carboxylic acids is 1. The molecule has 0 radical (unpaired) electrons. The van der Waals surface area contributed by atoms with Gasteiger partial charge in [0.25, 0.3) is 5.91 Å². The highest BCUT2D eigenvalue weighted by molar-refractivity contribution is 9.10. The molecular weight excluding hydrogens is 418 g/mol. The first kappa shape index (κ1) is 18.4. The van der Waals surface area contributed by atoms with Gasteiger partial charge in [0.05, 0.1) is 11.0 Å². The number of carbonyl (C=O) groups is 1. The van der Waals surface area contributed by atoms with E-state index in [9.17, 15) is 4.79 Å². The zero-order chi connectivity index (χ0) is 19.8. The van der Waals surface area contributed by atoms with Crippen molar-refractivity contribution in [2.75, 3.05) is 5.73 Å². The normalized spacial score (nSPS) is 12.4. The molecule has 6 nitrogen and oxygen atoms in total. The molecule has 28 heavy (non-hydrogen) atoms. The Hall–Kier alpha value is -2.93. The molecule has 0 spiro atoms. The average molecular weight is 438 g/mol. The summed E-state index contributed by atoms with van der Waals surface area (Å²) in [6.07, 6.45) is 0.825. The molecule has 0 saturated carbocycles. The number of amides is 1. The minimum atomic E-state index is -0.239. The molecule has 4 aromatic rings. The highest BCUT2D eigenvalue weighted by Gasteiger charge is 2.25. The number of hydrogen-bond donors (Lipinski definition) is 2. The van der Waals surface area contributed by atoms with Crippen molar-refractivity contribution in [2.45, 2.75) is 26.3 Å². The second-order valence-electron chi connectivity index (χ2n) is 6.74. The molecule has 142 valence electrons. The Morgan fingerprint density at radius 2 is 1.79 bits per heavy atom. The van der Waals surface area contributed by atoms with Crippen LogP contribution in [0.5, 0.6) is 0 Å². The zero-order valence-corrected chi connectivity index (χ0v) is 17.2. The van der Waals surface area contributed by atoms with Crippen LogP contribution in [-0.2, 0) is 0 Å². The van der Waals surface area contributed by atoms with E-state index in [1.54, 1.807) is 4.57 Å². The molecule has 0 aliphatic heterocycles. The first-order chi connectivity index (χ1) is 13.5. The van der Waals surface area contributed by atoms with E-state index in [4.69, 9.17) is 15.7 Å². The lowest BCUT2D eigenvalue weighted by Crippen LogP contribution is -2.32. The summed E-state index contributed by atoms with van der Waals surface area (Å²) < 4.78 is 2.74. The predicted octanol–water partition coefficient (Wildman–Crippen LogP) is 4.45. The summed E-state index contributed by atoms with van der Waals surface area (Å²) in [5, 5.41) is 2.99. The number of nitrogens with two attached hydrogens (primary N) is 1. The van der Waals surface area contributed by atoms with E-state index in [0.717, 1.165) is 27.6 Å². The Kier molecular flexibility index (Phi) is 4.77. The zero-order valence-electron chi connectivity index (χ0n) is 15.6. The molecule has 0 aliphatic carbocycles. The van der Waals surface area contributed by atoms with E-state index >= 15 is 0 Å². The van der Waals surface area contributed by atoms with Crippen molar-refractivity contribution < 1.29 is 4.79 Å². The number of rotatable bonds is 4. The number of para-hydroxylation sites is 2. The lowest BCUT2D eigenvalue weighted by molar-refractivity contribution is 0.0941. The van der Waals surface area contributed by atoms with Gasteiger partial charge in [0.1, 0.15) is 16.9 Å². The molecule has 0 saturated heterocycles. The van der Waals surface area contributed by atoms with Gasteiger partial charge in [-0.2, -0.15) is 0 Å². The molecule has 0 unspecified atom stereocenters. The van der Waals surface area contributed by atoms with E-state index in [2.05, 4.69) is 21.2 Å². The molecule has 3 N–H and O–H groups in total. The van der Waals surface area contributed by atoms with Gasteiger partial charge in [0.15, 0.2) is 5.65 Å². The van der Waals surface area contributed by atoms with Crippen molar-refractivity contribution in [3.63, 3.8) is 0 Å². The molecule has 7 heteroatoms. The lowest BCUT2D eigenvalue weighted by atomic mass is 10.2. The average Bonchev–Trinajstić information content (AvgIpc) is 2.97. The van der Waals surface area contributed by atoms with Gasteiger partial charge < -0.3 is 11.1 Å². The first-order valence-corrected chi connectivity index (χ1v) is 9.92. The minimum Gasteiger partial charge on any atom is -0.384 e. The molecule has 1 amide bonds. The third-order valence-electron chi connectivity index (χ3n) is 4.80. The second kappa shape index (κ2) is 7.24. The summed E-state index contributed by atoms with van der Waals surface area (Å²) in [5.74, 6) is 0.0886. The number of benzene rings is 2. The van der Waals surface area contributed by atoms with Gasteiger partial charge in [0.2, 0.25) is 0 Å². The Bertz CT molecular complexity index is 1180. The summed E-state index contributed by atoms with van der Waals surface area (Å²) in [6.45, 7) is 3.98. The maximum absolute atomic E-state index is 13.0. The Balaban J connectivity index is 2.02. The number of aromatic nitrogens is 3. The van der Waals surface area contributed by atoms with Gasteiger partial charge in [0, 0.05) is 16.2 Å². The molecule has 0 aliphatic rings. The van der Waals surface area contributed by atoms with Crippen molar-refractivity contribution in [3.05, 3.63) is 58.6 Å². The molecule has 4 rings (SSSR count). The van der Waals surface area contributed by atoms with Crippen LogP contribution in [0.2, 0.25) is 0 Å². The maximum Gasteiger partial charge on any atom is 0.257 e. The van der Waals surface area contributed by atoms with Crippen LogP contribution >= 0.6 is 15.9 Å². The van der Waals surface area contributed by atoms with Crippen LogP contribution < -0.4 is 11.1 Å². The number of fused-ring (bicyclic) bond motifs is 2. The third kappa shape index (κ3) is 3.11. The molecule has 2 aromatic heterocycles. The number of hydrogen-bond acceptors (Lipinski definition) is 4. The fourth-order valence-corrected chi connectivity index (χ4v) is 3.40. The van der Waals surface area contributed by atoms with Crippen LogP contribution in [-0.4, -0.2) is 26.5 Å². The SMILES string of the molecule is CC[C@@H](C)NC(=O)c1c(N)n(-c2ccc(Br)cc2)c2nc3ccccc3nc12. The number of anilines is 1. The van der Waals surface area contributed by atoms with Crippen LogP contribution in [0, 0.1) is 0 Å². The quantitative estimate of drug-likeness (QED) is 0.493. The molecule has 0 fully saturated rings. The van der Waals surface area contributed by atoms with Crippen molar-refractivity contribution in [3.8, 4) is 5.69 Å². The van der Waals surface area contributed by atoms with Gasteiger partial charge in [-0.05, 0) is 49.7 Å². The topological polar surface area (TPSA) is 85.8 Å². The van der Waals surface area contributed by atoms with Gasteiger partial charge >= 0.3 is 0 Å².